The lowest BCUT2D eigenvalue weighted by atomic mass is 10.1. The molecule has 0 fully saturated rings. The molecule has 1 N–H and O–H groups in total. The van der Waals surface area contributed by atoms with Gasteiger partial charge in [-0.05, 0) is 48.6 Å². The van der Waals surface area contributed by atoms with E-state index in [9.17, 15) is 9.59 Å². The van der Waals surface area contributed by atoms with E-state index in [1.165, 1.54) is 0 Å². The second-order valence-corrected chi connectivity index (χ2v) is 6.30. The van der Waals surface area contributed by atoms with Crippen LogP contribution in [-0.4, -0.2) is 31.8 Å². The molecule has 0 heterocycles. The molecule has 0 aliphatic heterocycles. The third-order valence-corrected chi connectivity index (χ3v) is 4.26. The molecule has 0 aliphatic carbocycles. The number of hydrogen-bond acceptors (Lipinski definition) is 5. The molecule has 0 aromatic heterocycles. The summed E-state index contributed by atoms with van der Waals surface area (Å²) in [6.45, 7) is 1.61. The predicted molar refractivity (Wildman–Crippen MR) is 99.2 cm³/mol. The summed E-state index contributed by atoms with van der Waals surface area (Å²) in [6.07, 6.45) is 2.05. The van der Waals surface area contributed by atoms with Gasteiger partial charge in [0.15, 0.2) is 6.61 Å². The number of ether oxygens (including phenoxy) is 2. The zero-order valence-electron chi connectivity index (χ0n) is 14.5. The van der Waals surface area contributed by atoms with Crippen molar-refractivity contribution in [2.45, 2.75) is 18.2 Å². The first-order chi connectivity index (χ1) is 12.0. The van der Waals surface area contributed by atoms with Gasteiger partial charge in [0.1, 0.15) is 5.75 Å². The van der Waals surface area contributed by atoms with Crippen molar-refractivity contribution in [1.82, 2.24) is 0 Å². The van der Waals surface area contributed by atoms with Gasteiger partial charge in [-0.25, -0.2) is 0 Å². The molecular formula is C19H21NO4S. The summed E-state index contributed by atoms with van der Waals surface area (Å²) < 4.78 is 10.3. The average Bonchev–Trinajstić information content (AvgIpc) is 2.61. The van der Waals surface area contributed by atoms with E-state index in [0.717, 1.165) is 21.8 Å². The monoisotopic (exact) mass is 359 g/mol. The highest BCUT2D eigenvalue weighted by molar-refractivity contribution is 7.98. The molecule has 132 valence electrons. The standard InChI is InChI=1S/C19H21NO4S/c1-13-7-8-14(9-17(13)23-2)10-19(22)24-12-18(21)20-15-5-4-6-16(11-15)25-3/h4-9,11H,10,12H2,1-3H3,(H,20,21). The molecule has 0 radical (unpaired) electrons. The lowest BCUT2D eigenvalue weighted by Gasteiger charge is -2.09. The fourth-order valence-electron chi connectivity index (χ4n) is 2.24. The normalized spacial score (nSPS) is 10.2. The average molecular weight is 359 g/mol. The van der Waals surface area contributed by atoms with Crippen LogP contribution in [0.3, 0.4) is 0 Å². The number of anilines is 1. The minimum atomic E-state index is -0.459. The van der Waals surface area contributed by atoms with Gasteiger partial charge in [0.2, 0.25) is 0 Å². The van der Waals surface area contributed by atoms with Gasteiger partial charge < -0.3 is 14.8 Å². The van der Waals surface area contributed by atoms with Crippen LogP contribution >= 0.6 is 11.8 Å². The zero-order chi connectivity index (χ0) is 18.2. The first-order valence-corrected chi connectivity index (χ1v) is 8.97. The molecule has 25 heavy (non-hydrogen) atoms. The molecule has 2 aromatic rings. The van der Waals surface area contributed by atoms with Crippen LogP contribution in [0.2, 0.25) is 0 Å². The van der Waals surface area contributed by atoms with E-state index in [0.29, 0.717) is 5.69 Å². The van der Waals surface area contributed by atoms with Crippen molar-refractivity contribution in [2.24, 2.45) is 0 Å². The Morgan fingerprint density at radius 1 is 1.16 bits per heavy atom. The Balaban J connectivity index is 1.83. The summed E-state index contributed by atoms with van der Waals surface area (Å²) >= 11 is 1.59. The lowest BCUT2D eigenvalue weighted by molar-refractivity contribution is -0.146. The largest absolute Gasteiger partial charge is 0.496 e. The van der Waals surface area contributed by atoms with Gasteiger partial charge >= 0.3 is 5.97 Å². The van der Waals surface area contributed by atoms with Gasteiger partial charge in [-0.1, -0.05) is 18.2 Å². The Morgan fingerprint density at radius 2 is 1.96 bits per heavy atom. The Labute approximate surface area is 151 Å². The molecule has 0 unspecified atom stereocenters. The molecular weight excluding hydrogens is 338 g/mol. The van der Waals surface area contributed by atoms with Crippen LogP contribution in [0, 0.1) is 6.92 Å². The molecule has 1 amide bonds. The highest BCUT2D eigenvalue weighted by Crippen LogP contribution is 2.20. The number of carbonyl (C=O) groups excluding carboxylic acids is 2. The number of nitrogens with one attached hydrogen (secondary N) is 1. The van der Waals surface area contributed by atoms with Crippen LogP contribution in [0.25, 0.3) is 0 Å². The van der Waals surface area contributed by atoms with Crippen molar-refractivity contribution in [1.29, 1.82) is 0 Å². The number of carbonyl (C=O) groups is 2. The SMILES string of the molecule is COc1cc(CC(=O)OCC(=O)Nc2cccc(SC)c2)ccc1C. The molecule has 2 rings (SSSR count). The number of aryl methyl sites for hydroxylation is 1. The van der Waals surface area contributed by atoms with Crippen molar-refractivity contribution >= 4 is 29.3 Å². The van der Waals surface area contributed by atoms with E-state index >= 15 is 0 Å². The summed E-state index contributed by atoms with van der Waals surface area (Å²) in [5.74, 6) is -0.108. The van der Waals surface area contributed by atoms with E-state index in [4.69, 9.17) is 9.47 Å². The summed E-state index contributed by atoms with van der Waals surface area (Å²) in [7, 11) is 1.58. The summed E-state index contributed by atoms with van der Waals surface area (Å²) in [5.41, 5.74) is 2.45. The van der Waals surface area contributed by atoms with E-state index in [1.807, 2.05) is 43.5 Å². The maximum atomic E-state index is 11.9. The Bertz CT molecular complexity index is 761. The Morgan fingerprint density at radius 3 is 2.68 bits per heavy atom. The van der Waals surface area contributed by atoms with E-state index in [-0.39, 0.29) is 18.9 Å². The van der Waals surface area contributed by atoms with E-state index in [1.54, 1.807) is 31.0 Å². The molecule has 5 nitrogen and oxygen atoms in total. The fourth-order valence-corrected chi connectivity index (χ4v) is 2.70. The third-order valence-electron chi connectivity index (χ3n) is 3.54. The second kappa shape index (κ2) is 9.13. The van der Waals surface area contributed by atoms with E-state index < -0.39 is 5.97 Å². The minimum absolute atomic E-state index is 0.0892. The number of methoxy groups -OCH3 is 1. The molecule has 0 aliphatic rings. The topological polar surface area (TPSA) is 64.6 Å². The number of hydrogen-bond donors (Lipinski definition) is 1. The zero-order valence-corrected chi connectivity index (χ0v) is 15.3. The quantitative estimate of drug-likeness (QED) is 0.606. The van der Waals surface area contributed by atoms with Crippen LogP contribution in [-0.2, 0) is 20.7 Å². The second-order valence-electron chi connectivity index (χ2n) is 5.42. The van der Waals surface area contributed by atoms with Crippen molar-refractivity contribution in [2.75, 3.05) is 25.3 Å². The maximum absolute atomic E-state index is 11.9. The summed E-state index contributed by atoms with van der Waals surface area (Å²) in [4.78, 5) is 24.9. The fraction of sp³-hybridized carbons (Fsp3) is 0.263. The Kier molecular flexibility index (Phi) is 6.89. The van der Waals surface area contributed by atoms with Crippen molar-refractivity contribution < 1.29 is 19.1 Å². The number of thioether (sulfide) groups is 1. The van der Waals surface area contributed by atoms with Gasteiger partial charge in [-0.15, -0.1) is 11.8 Å². The lowest BCUT2D eigenvalue weighted by Crippen LogP contribution is -2.21. The highest BCUT2D eigenvalue weighted by Gasteiger charge is 2.10. The van der Waals surface area contributed by atoms with Crippen molar-refractivity contribution in [3.8, 4) is 5.75 Å². The van der Waals surface area contributed by atoms with Crippen LogP contribution in [0.15, 0.2) is 47.4 Å². The minimum Gasteiger partial charge on any atom is -0.496 e. The van der Waals surface area contributed by atoms with Crippen LogP contribution in [0.5, 0.6) is 5.75 Å². The van der Waals surface area contributed by atoms with Gasteiger partial charge in [0.25, 0.3) is 5.91 Å². The number of amides is 1. The van der Waals surface area contributed by atoms with Crippen LogP contribution < -0.4 is 10.1 Å². The third kappa shape index (κ3) is 5.83. The summed E-state index contributed by atoms with van der Waals surface area (Å²) in [5, 5.41) is 2.71. The maximum Gasteiger partial charge on any atom is 0.310 e. The van der Waals surface area contributed by atoms with Gasteiger partial charge in [0.05, 0.1) is 13.5 Å². The molecule has 0 saturated carbocycles. The first kappa shape index (κ1) is 18.9. The van der Waals surface area contributed by atoms with Gasteiger partial charge in [-0.3, -0.25) is 9.59 Å². The van der Waals surface area contributed by atoms with Crippen LogP contribution in [0.4, 0.5) is 5.69 Å². The predicted octanol–water partition coefficient (Wildman–Crippen LogP) is 3.45. The molecule has 0 bridgehead atoms. The van der Waals surface area contributed by atoms with Crippen molar-refractivity contribution in [3.05, 3.63) is 53.6 Å². The number of esters is 1. The van der Waals surface area contributed by atoms with E-state index in [2.05, 4.69) is 5.32 Å². The Hall–Kier alpha value is -2.47. The first-order valence-electron chi connectivity index (χ1n) is 7.75. The molecule has 0 atom stereocenters. The molecule has 0 saturated heterocycles. The molecule has 2 aromatic carbocycles. The smallest absolute Gasteiger partial charge is 0.310 e. The van der Waals surface area contributed by atoms with Gasteiger partial charge in [-0.2, -0.15) is 0 Å². The van der Waals surface area contributed by atoms with Gasteiger partial charge in [0, 0.05) is 10.6 Å². The highest BCUT2D eigenvalue weighted by atomic mass is 32.2. The number of rotatable bonds is 7. The van der Waals surface area contributed by atoms with Crippen LogP contribution in [0.1, 0.15) is 11.1 Å². The number of benzene rings is 2. The molecule has 0 spiro atoms. The molecule has 6 heteroatoms. The van der Waals surface area contributed by atoms with Crippen molar-refractivity contribution in [3.63, 3.8) is 0 Å². The summed E-state index contributed by atoms with van der Waals surface area (Å²) in [6, 6.07) is 13.0.